The maximum atomic E-state index is 6.71. The van der Waals surface area contributed by atoms with Gasteiger partial charge in [0.2, 0.25) is 0 Å². The fourth-order valence-electron chi connectivity index (χ4n) is 8.66. The van der Waals surface area contributed by atoms with Crippen LogP contribution in [0.3, 0.4) is 0 Å². The van der Waals surface area contributed by atoms with Crippen LogP contribution in [0.25, 0.3) is 22.3 Å². The molecule has 0 aliphatic heterocycles. The van der Waals surface area contributed by atoms with Crippen molar-refractivity contribution in [3.63, 3.8) is 0 Å². The topological polar surface area (TPSA) is 6.48 Å². The molecule has 2 aliphatic carbocycles. The predicted octanol–water partition coefficient (Wildman–Crippen LogP) is 13.6. The third-order valence-electron chi connectivity index (χ3n) is 10.7. The van der Waals surface area contributed by atoms with Gasteiger partial charge >= 0.3 is 0 Å². The molecule has 0 atom stereocenters. The van der Waals surface area contributed by atoms with Gasteiger partial charge in [-0.1, -0.05) is 139 Å². The van der Waals surface area contributed by atoms with Gasteiger partial charge in [-0.15, -0.1) is 0 Å². The van der Waals surface area contributed by atoms with Gasteiger partial charge in [0.15, 0.2) is 0 Å². The highest BCUT2D eigenvalue weighted by Gasteiger charge is 2.51. The van der Waals surface area contributed by atoms with E-state index in [0.29, 0.717) is 5.02 Å². The van der Waals surface area contributed by atoms with E-state index in [4.69, 9.17) is 11.6 Å². The predicted molar refractivity (Wildman–Crippen MR) is 217 cm³/mol. The standard InChI is InChI=1S/C49H33ClN2/c50-34-15-13-20-37(31-34)52(39-22-14-21-38(32-39)51(35-16-3-1-4-17-35)36-18-5-2-6-19-36)40-29-30-48-44(33-40)43-25-9-12-28-47(43)49(48)45-26-10-7-23-41(45)42-24-8-11-27-46(42)49/h1-33H. The van der Waals surface area contributed by atoms with E-state index in [-0.39, 0.29) is 5.41 Å². The molecule has 8 aromatic carbocycles. The van der Waals surface area contributed by atoms with Gasteiger partial charge in [0.25, 0.3) is 0 Å². The first kappa shape index (κ1) is 30.5. The van der Waals surface area contributed by atoms with Crippen LogP contribution in [0.1, 0.15) is 22.3 Å². The summed E-state index contributed by atoms with van der Waals surface area (Å²) in [6, 6.07) is 71.9. The molecule has 2 aliphatic rings. The molecule has 246 valence electrons. The van der Waals surface area contributed by atoms with Crippen molar-refractivity contribution in [3.8, 4) is 22.3 Å². The van der Waals surface area contributed by atoms with Gasteiger partial charge in [-0.05, 0) is 117 Å². The molecule has 10 rings (SSSR count). The van der Waals surface area contributed by atoms with Crippen molar-refractivity contribution in [3.05, 3.63) is 227 Å². The van der Waals surface area contributed by atoms with E-state index in [1.807, 2.05) is 18.2 Å². The van der Waals surface area contributed by atoms with Crippen LogP contribution < -0.4 is 9.80 Å². The molecule has 0 aromatic heterocycles. The molecule has 0 saturated heterocycles. The number of fused-ring (bicyclic) bond motifs is 10. The van der Waals surface area contributed by atoms with Crippen molar-refractivity contribution < 1.29 is 0 Å². The van der Waals surface area contributed by atoms with Crippen LogP contribution in [-0.4, -0.2) is 0 Å². The molecule has 0 heterocycles. The Morgan fingerprint density at radius 3 is 1.21 bits per heavy atom. The molecule has 0 radical (unpaired) electrons. The second-order valence-electron chi connectivity index (χ2n) is 13.5. The van der Waals surface area contributed by atoms with Crippen molar-refractivity contribution in [2.24, 2.45) is 0 Å². The molecule has 8 aromatic rings. The molecule has 0 N–H and O–H groups in total. The zero-order valence-corrected chi connectivity index (χ0v) is 29.1. The second-order valence-corrected chi connectivity index (χ2v) is 13.9. The maximum Gasteiger partial charge on any atom is 0.0725 e. The summed E-state index contributed by atoms with van der Waals surface area (Å²) in [4.78, 5) is 4.63. The number of hydrogen-bond donors (Lipinski definition) is 0. The smallest absolute Gasteiger partial charge is 0.0725 e. The summed E-state index contributed by atoms with van der Waals surface area (Å²) in [5.41, 5.74) is 16.4. The Hall–Kier alpha value is -6.35. The van der Waals surface area contributed by atoms with Crippen LogP contribution in [0, 0.1) is 0 Å². The summed E-state index contributed by atoms with van der Waals surface area (Å²) < 4.78 is 0. The fourth-order valence-corrected chi connectivity index (χ4v) is 8.85. The van der Waals surface area contributed by atoms with Gasteiger partial charge < -0.3 is 9.80 Å². The summed E-state index contributed by atoms with van der Waals surface area (Å²) in [6.07, 6.45) is 0. The summed E-state index contributed by atoms with van der Waals surface area (Å²) in [7, 11) is 0. The molecule has 0 fully saturated rings. The lowest BCUT2D eigenvalue weighted by atomic mass is 9.70. The molecule has 2 nitrogen and oxygen atoms in total. The van der Waals surface area contributed by atoms with E-state index in [2.05, 4.69) is 192 Å². The summed E-state index contributed by atoms with van der Waals surface area (Å²) in [6.45, 7) is 0. The maximum absolute atomic E-state index is 6.71. The highest BCUT2D eigenvalue weighted by atomic mass is 35.5. The lowest BCUT2D eigenvalue weighted by molar-refractivity contribution is 0.794. The highest BCUT2D eigenvalue weighted by molar-refractivity contribution is 6.30. The van der Waals surface area contributed by atoms with Gasteiger partial charge in [0.05, 0.1) is 5.41 Å². The Balaban J connectivity index is 1.18. The van der Waals surface area contributed by atoms with Crippen LogP contribution in [-0.2, 0) is 5.41 Å². The molecule has 0 saturated carbocycles. The van der Waals surface area contributed by atoms with Gasteiger partial charge in [-0.25, -0.2) is 0 Å². The van der Waals surface area contributed by atoms with E-state index < -0.39 is 0 Å². The Morgan fingerprint density at radius 1 is 0.288 bits per heavy atom. The molecule has 0 amide bonds. The first-order chi connectivity index (χ1) is 25.7. The van der Waals surface area contributed by atoms with Crippen LogP contribution in [0.15, 0.2) is 200 Å². The highest BCUT2D eigenvalue weighted by Crippen LogP contribution is 2.63. The Morgan fingerprint density at radius 2 is 0.673 bits per heavy atom. The number of rotatable bonds is 6. The average Bonchev–Trinajstić information content (AvgIpc) is 3.66. The summed E-state index contributed by atoms with van der Waals surface area (Å²) in [5, 5.41) is 0.693. The minimum absolute atomic E-state index is 0.385. The van der Waals surface area contributed by atoms with Gasteiger partial charge in [-0.3, -0.25) is 0 Å². The Kier molecular flexibility index (Phi) is 7.12. The number of nitrogens with zero attached hydrogens (tertiary/aromatic N) is 2. The van der Waals surface area contributed by atoms with Crippen molar-refractivity contribution in [2.45, 2.75) is 5.41 Å². The third kappa shape index (κ3) is 4.58. The van der Waals surface area contributed by atoms with E-state index >= 15 is 0 Å². The molecule has 0 unspecified atom stereocenters. The van der Waals surface area contributed by atoms with Gasteiger partial charge in [0.1, 0.15) is 0 Å². The minimum Gasteiger partial charge on any atom is -0.310 e. The number of halogens is 1. The van der Waals surface area contributed by atoms with Crippen LogP contribution >= 0.6 is 11.6 Å². The Labute approximate surface area is 309 Å². The third-order valence-corrected chi connectivity index (χ3v) is 10.9. The van der Waals surface area contributed by atoms with E-state index in [0.717, 1.165) is 34.1 Å². The number of anilines is 6. The lowest BCUT2D eigenvalue weighted by Crippen LogP contribution is -2.25. The van der Waals surface area contributed by atoms with Gasteiger partial charge in [0, 0.05) is 39.1 Å². The quantitative estimate of drug-likeness (QED) is 0.172. The lowest BCUT2D eigenvalue weighted by Gasteiger charge is -2.31. The largest absolute Gasteiger partial charge is 0.310 e. The van der Waals surface area contributed by atoms with Crippen LogP contribution in [0.2, 0.25) is 5.02 Å². The molecule has 52 heavy (non-hydrogen) atoms. The van der Waals surface area contributed by atoms with E-state index in [9.17, 15) is 0 Å². The fraction of sp³-hybridized carbons (Fsp3) is 0.0204. The van der Waals surface area contributed by atoms with Crippen LogP contribution in [0.5, 0.6) is 0 Å². The molecule has 1 spiro atoms. The normalized spacial score (nSPS) is 12.9. The zero-order chi connectivity index (χ0) is 34.6. The molecular weight excluding hydrogens is 652 g/mol. The number of benzene rings is 8. The van der Waals surface area contributed by atoms with Crippen molar-refractivity contribution >= 4 is 45.7 Å². The number of para-hydroxylation sites is 2. The molecule has 0 bridgehead atoms. The van der Waals surface area contributed by atoms with Crippen molar-refractivity contribution in [1.29, 1.82) is 0 Å². The van der Waals surface area contributed by atoms with Crippen molar-refractivity contribution in [2.75, 3.05) is 9.80 Å². The molecule has 3 heteroatoms. The first-order valence-corrected chi connectivity index (χ1v) is 18.1. The van der Waals surface area contributed by atoms with Gasteiger partial charge in [-0.2, -0.15) is 0 Å². The summed E-state index contributed by atoms with van der Waals surface area (Å²) >= 11 is 6.71. The molecular formula is C49H33ClN2. The SMILES string of the molecule is Clc1cccc(N(c2cccc(N(c3ccccc3)c3ccccc3)c2)c2ccc3c(c2)-c2ccccc2C32c3ccccc3-c3ccccc32)c1. The first-order valence-electron chi connectivity index (χ1n) is 17.7. The monoisotopic (exact) mass is 684 g/mol. The average molecular weight is 685 g/mol. The second kappa shape index (κ2) is 12.2. The van der Waals surface area contributed by atoms with Crippen LogP contribution in [0.4, 0.5) is 34.1 Å². The Bertz CT molecular complexity index is 2530. The van der Waals surface area contributed by atoms with E-state index in [1.54, 1.807) is 0 Å². The van der Waals surface area contributed by atoms with E-state index in [1.165, 1.54) is 44.5 Å². The minimum atomic E-state index is -0.385. The summed E-state index contributed by atoms with van der Waals surface area (Å²) in [5.74, 6) is 0. The number of hydrogen-bond acceptors (Lipinski definition) is 2. The van der Waals surface area contributed by atoms with Crippen molar-refractivity contribution in [1.82, 2.24) is 0 Å². The zero-order valence-electron chi connectivity index (χ0n) is 28.3.